The van der Waals surface area contributed by atoms with Crippen molar-refractivity contribution in [1.82, 2.24) is 0 Å². The fraction of sp³-hybridized carbons (Fsp3) is 0.824. The SMILES string of the molecule is C=CC(C)=O.CCCCC.CCCCCC(C)C. The van der Waals surface area contributed by atoms with Crippen molar-refractivity contribution in [2.45, 2.75) is 86.5 Å². The van der Waals surface area contributed by atoms with Crippen LogP contribution in [0.2, 0.25) is 0 Å². The standard InChI is InChI=1S/C8H18.C5H12.C4H6O/c1-4-5-6-7-8(2)3;1-3-5-4-2;1-3-4(2)5/h8H,4-7H2,1-3H3;3-5H2,1-2H3;3H,1H2,2H3. The maximum atomic E-state index is 9.69. The van der Waals surface area contributed by atoms with Gasteiger partial charge in [-0.05, 0) is 18.9 Å². The molecule has 0 rings (SSSR count). The van der Waals surface area contributed by atoms with Crippen molar-refractivity contribution < 1.29 is 4.79 Å². The van der Waals surface area contributed by atoms with Crippen LogP contribution in [0.5, 0.6) is 0 Å². The molecule has 0 aromatic rings. The quantitative estimate of drug-likeness (QED) is 0.392. The number of hydrogen-bond donors (Lipinski definition) is 0. The van der Waals surface area contributed by atoms with Gasteiger partial charge in [0.15, 0.2) is 5.78 Å². The molecule has 0 radical (unpaired) electrons. The van der Waals surface area contributed by atoms with Crippen LogP contribution in [0, 0.1) is 5.92 Å². The van der Waals surface area contributed by atoms with Crippen molar-refractivity contribution >= 4 is 5.78 Å². The summed E-state index contributed by atoms with van der Waals surface area (Å²) in [5.41, 5.74) is 0. The van der Waals surface area contributed by atoms with Crippen molar-refractivity contribution in [1.29, 1.82) is 0 Å². The molecule has 0 heterocycles. The number of carbonyl (C=O) groups is 1. The summed E-state index contributed by atoms with van der Waals surface area (Å²) in [5, 5.41) is 0. The molecule has 0 aromatic carbocycles. The normalized spacial score (nSPS) is 8.83. The van der Waals surface area contributed by atoms with E-state index >= 15 is 0 Å². The molecule has 0 fully saturated rings. The summed E-state index contributed by atoms with van der Waals surface area (Å²) in [5.74, 6) is 0.923. The van der Waals surface area contributed by atoms with E-state index in [4.69, 9.17) is 0 Å². The minimum Gasteiger partial charge on any atom is -0.295 e. The van der Waals surface area contributed by atoms with E-state index in [1.54, 1.807) is 0 Å². The van der Waals surface area contributed by atoms with Gasteiger partial charge in [-0.25, -0.2) is 0 Å². The molecule has 0 saturated carbocycles. The van der Waals surface area contributed by atoms with E-state index in [-0.39, 0.29) is 5.78 Å². The Kier molecular flexibility index (Phi) is 27.2. The number of hydrogen-bond acceptors (Lipinski definition) is 1. The Morgan fingerprint density at radius 3 is 1.56 bits per heavy atom. The summed E-state index contributed by atoms with van der Waals surface area (Å²) in [7, 11) is 0. The van der Waals surface area contributed by atoms with Crippen LogP contribution in [0.25, 0.3) is 0 Å². The van der Waals surface area contributed by atoms with Crippen LogP contribution in [0.3, 0.4) is 0 Å². The zero-order chi connectivity index (χ0) is 14.8. The topological polar surface area (TPSA) is 17.1 Å². The van der Waals surface area contributed by atoms with Crippen molar-refractivity contribution in [3.63, 3.8) is 0 Å². The summed E-state index contributed by atoms with van der Waals surface area (Å²) in [6, 6.07) is 0. The highest BCUT2D eigenvalue weighted by molar-refractivity contribution is 5.86. The predicted octanol–water partition coefficient (Wildman–Crippen LogP) is 6.18. The molecule has 0 aliphatic heterocycles. The lowest BCUT2D eigenvalue weighted by Gasteiger charge is -2.00. The van der Waals surface area contributed by atoms with Crippen LogP contribution in [0.4, 0.5) is 0 Å². The molecular weight excluding hydrogens is 220 g/mol. The highest BCUT2D eigenvalue weighted by Crippen LogP contribution is 2.06. The fourth-order valence-electron chi connectivity index (χ4n) is 1.16. The van der Waals surface area contributed by atoms with E-state index in [9.17, 15) is 4.79 Å². The minimum atomic E-state index is 0.0185. The zero-order valence-corrected chi connectivity index (χ0v) is 13.7. The summed E-state index contributed by atoms with van der Waals surface area (Å²) in [6.45, 7) is 15.9. The Balaban J connectivity index is -0.000000197. The van der Waals surface area contributed by atoms with E-state index in [1.165, 1.54) is 57.9 Å². The average molecular weight is 256 g/mol. The van der Waals surface area contributed by atoms with E-state index < -0.39 is 0 Å². The Morgan fingerprint density at radius 1 is 1.00 bits per heavy atom. The molecule has 0 amide bonds. The number of unbranched alkanes of at least 4 members (excludes halogenated alkanes) is 4. The Labute approximate surface area is 116 Å². The lowest BCUT2D eigenvalue weighted by molar-refractivity contribution is -0.112. The number of rotatable bonds is 7. The first-order valence-electron chi connectivity index (χ1n) is 7.59. The van der Waals surface area contributed by atoms with Crippen molar-refractivity contribution in [3.8, 4) is 0 Å². The van der Waals surface area contributed by atoms with Gasteiger partial charge in [0.05, 0.1) is 0 Å². The average Bonchev–Trinajstić information content (AvgIpc) is 2.31. The second kappa shape index (κ2) is 21.7. The van der Waals surface area contributed by atoms with Crippen LogP contribution < -0.4 is 0 Å². The van der Waals surface area contributed by atoms with E-state index in [1.807, 2.05) is 0 Å². The maximum Gasteiger partial charge on any atom is 0.152 e. The van der Waals surface area contributed by atoms with Crippen molar-refractivity contribution in [3.05, 3.63) is 12.7 Å². The van der Waals surface area contributed by atoms with Gasteiger partial charge in [-0.2, -0.15) is 0 Å². The molecule has 0 aliphatic rings. The molecule has 0 atom stereocenters. The summed E-state index contributed by atoms with van der Waals surface area (Å²) < 4.78 is 0. The van der Waals surface area contributed by atoms with Crippen LogP contribution in [0.1, 0.15) is 86.5 Å². The molecule has 0 aliphatic carbocycles. The zero-order valence-electron chi connectivity index (χ0n) is 13.7. The van der Waals surface area contributed by atoms with E-state index in [0.29, 0.717) is 0 Å². The number of allylic oxidation sites excluding steroid dienone is 1. The first-order chi connectivity index (χ1) is 8.45. The molecule has 110 valence electrons. The molecular formula is C17H36O. The van der Waals surface area contributed by atoms with E-state index in [0.717, 1.165) is 5.92 Å². The highest BCUT2D eigenvalue weighted by atomic mass is 16.1. The second-order valence-corrected chi connectivity index (χ2v) is 5.06. The van der Waals surface area contributed by atoms with Gasteiger partial charge in [-0.15, -0.1) is 0 Å². The Morgan fingerprint density at radius 2 is 1.39 bits per heavy atom. The third kappa shape index (κ3) is 45.2. The van der Waals surface area contributed by atoms with Crippen LogP contribution >= 0.6 is 0 Å². The predicted molar refractivity (Wildman–Crippen MR) is 85.1 cm³/mol. The lowest BCUT2D eigenvalue weighted by atomic mass is 10.1. The fourth-order valence-corrected chi connectivity index (χ4v) is 1.16. The molecule has 0 aromatic heterocycles. The number of ketones is 1. The van der Waals surface area contributed by atoms with Crippen LogP contribution in [0.15, 0.2) is 12.7 Å². The van der Waals surface area contributed by atoms with Gasteiger partial charge in [0, 0.05) is 0 Å². The van der Waals surface area contributed by atoms with Crippen molar-refractivity contribution in [2.24, 2.45) is 5.92 Å². The molecule has 0 spiro atoms. The third-order valence-corrected chi connectivity index (χ3v) is 2.38. The first-order valence-corrected chi connectivity index (χ1v) is 7.59. The summed E-state index contributed by atoms with van der Waals surface area (Å²) >= 11 is 0. The van der Waals surface area contributed by atoms with Gasteiger partial charge in [-0.3, -0.25) is 4.79 Å². The lowest BCUT2D eigenvalue weighted by Crippen LogP contribution is -1.85. The monoisotopic (exact) mass is 256 g/mol. The largest absolute Gasteiger partial charge is 0.295 e. The first kappa shape index (κ1) is 22.6. The Hall–Kier alpha value is -0.590. The molecule has 18 heavy (non-hydrogen) atoms. The number of carbonyl (C=O) groups excluding carboxylic acids is 1. The van der Waals surface area contributed by atoms with Gasteiger partial charge < -0.3 is 0 Å². The third-order valence-electron chi connectivity index (χ3n) is 2.38. The van der Waals surface area contributed by atoms with Gasteiger partial charge >= 0.3 is 0 Å². The second-order valence-electron chi connectivity index (χ2n) is 5.06. The van der Waals surface area contributed by atoms with Gasteiger partial charge in [0.1, 0.15) is 0 Å². The van der Waals surface area contributed by atoms with Crippen LogP contribution in [-0.4, -0.2) is 5.78 Å². The Bertz CT molecular complexity index is 157. The molecule has 0 bridgehead atoms. The highest BCUT2D eigenvalue weighted by Gasteiger charge is 1.90. The molecule has 0 unspecified atom stereocenters. The minimum absolute atomic E-state index is 0.0185. The van der Waals surface area contributed by atoms with Gasteiger partial charge in [0.2, 0.25) is 0 Å². The molecule has 0 N–H and O–H groups in total. The molecule has 0 saturated heterocycles. The smallest absolute Gasteiger partial charge is 0.152 e. The summed E-state index contributed by atoms with van der Waals surface area (Å²) in [6.07, 6.45) is 11.0. The summed E-state index contributed by atoms with van der Waals surface area (Å²) in [4.78, 5) is 9.69. The maximum absolute atomic E-state index is 9.69. The van der Waals surface area contributed by atoms with Gasteiger partial charge in [-0.1, -0.05) is 86.1 Å². The molecule has 1 nitrogen and oxygen atoms in total. The van der Waals surface area contributed by atoms with E-state index in [2.05, 4.69) is 41.2 Å². The van der Waals surface area contributed by atoms with Gasteiger partial charge in [0.25, 0.3) is 0 Å². The molecule has 1 heteroatoms. The van der Waals surface area contributed by atoms with Crippen molar-refractivity contribution in [2.75, 3.05) is 0 Å². The van der Waals surface area contributed by atoms with Crippen LogP contribution in [-0.2, 0) is 4.79 Å².